The number of ether oxygens (including phenoxy) is 1. The second-order valence-corrected chi connectivity index (χ2v) is 4.40. The van der Waals surface area contributed by atoms with E-state index in [9.17, 15) is 0 Å². The van der Waals surface area contributed by atoms with Crippen LogP contribution in [0.3, 0.4) is 0 Å². The molecule has 2 heterocycles. The molecule has 0 bridgehead atoms. The molecule has 5 heteroatoms. The van der Waals surface area contributed by atoms with Gasteiger partial charge in [0, 0.05) is 6.92 Å². The molecule has 0 saturated heterocycles. The van der Waals surface area contributed by atoms with Gasteiger partial charge >= 0.3 is 0 Å². The van der Waals surface area contributed by atoms with Gasteiger partial charge in [0.05, 0.1) is 5.71 Å². The summed E-state index contributed by atoms with van der Waals surface area (Å²) in [6.45, 7) is 3.67. The van der Waals surface area contributed by atoms with E-state index in [0.29, 0.717) is 5.90 Å². The number of nitrogens with zero attached hydrogens (tertiary/aromatic N) is 2. The van der Waals surface area contributed by atoms with Crippen LogP contribution in [0.15, 0.2) is 40.6 Å². The van der Waals surface area contributed by atoms with Gasteiger partial charge in [0.2, 0.25) is 5.90 Å². The number of benzene rings is 1. The van der Waals surface area contributed by atoms with Crippen molar-refractivity contribution >= 4 is 11.6 Å². The zero-order valence-corrected chi connectivity index (χ0v) is 10.2. The summed E-state index contributed by atoms with van der Waals surface area (Å²) in [7, 11) is 0. The van der Waals surface area contributed by atoms with Crippen LogP contribution in [0.2, 0.25) is 0 Å². The smallest absolute Gasteiger partial charge is 0.279 e. The van der Waals surface area contributed by atoms with Crippen molar-refractivity contribution in [2.75, 3.05) is 0 Å². The van der Waals surface area contributed by atoms with E-state index < -0.39 is 6.29 Å². The molecular formula is C13H14N2O3. The van der Waals surface area contributed by atoms with Crippen molar-refractivity contribution in [1.82, 2.24) is 0 Å². The first kappa shape index (κ1) is 11.1. The van der Waals surface area contributed by atoms with Crippen LogP contribution in [-0.2, 0) is 14.4 Å². The van der Waals surface area contributed by atoms with Crippen LogP contribution < -0.4 is 0 Å². The Morgan fingerprint density at radius 3 is 2.44 bits per heavy atom. The maximum Gasteiger partial charge on any atom is 0.279 e. The molecule has 0 radical (unpaired) electrons. The molecular weight excluding hydrogens is 232 g/mol. The lowest BCUT2D eigenvalue weighted by Crippen LogP contribution is -2.31. The molecule has 2 aliphatic rings. The van der Waals surface area contributed by atoms with E-state index in [4.69, 9.17) is 14.4 Å². The second kappa shape index (κ2) is 4.33. The Labute approximate surface area is 105 Å². The fourth-order valence-corrected chi connectivity index (χ4v) is 2.21. The number of hydrogen-bond acceptors (Lipinski definition) is 5. The summed E-state index contributed by atoms with van der Waals surface area (Å²) in [5.74, 6) is 0.458. The monoisotopic (exact) mass is 246 g/mol. The highest BCUT2D eigenvalue weighted by atomic mass is 16.8. The van der Waals surface area contributed by atoms with E-state index in [2.05, 4.69) is 10.3 Å². The van der Waals surface area contributed by atoms with Gasteiger partial charge in [0.15, 0.2) is 6.10 Å². The molecule has 5 nitrogen and oxygen atoms in total. The lowest BCUT2D eigenvalue weighted by Gasteiger charge is -2.21. The van der Waals surface area contributed by atoms with E-state index >= 15 is 0 Å². The second-order valence-electron chi connectivity index (χ2n) is 4.40. The molecule has 94 valence electrons. The third kappa shape index (κ3) is 1.81. The van der Waals surface area contributed by atoms with Crippen LogP contribution in [0.25, 0.3) is 0 Å². The van der Waals surface area contributed by atoms with Crippen LogP contribution in [0, 0.1) is 5.92 Å². The molecule has 0 saturated carbocycles. The van der Waals surface area contributed by atoms with Gasteiger partial charge in [-0.2, -0.15) is 0 Å². The van der Waals surface area contributed by atoms with Crippen molar-refractivity contribution in [3.63, 3.8) is 0 Å². The molecule has 0 aliphatic carbocycles. The van der Waals surface area contributed by atoms with Gasteiger partial charge < -0.3 is 14.4 Å². The van der Waals surface area contributed by atoms with E-state index in [-0.39, 0.29) is 12.0 Å². The fourth-order valence-electron chi connectivity index (χ4n) is 2.21. The minimum Gasteiger partial charge on any atom is -0.436 e. The standard InChI is InChI=1S/C13H14N2O3/c1-8-11(13-16-9(2)15-18-13)12(17-14-8)10-6-4-3-5-7-10/h3-7,11-13H,1-2H3. The van der Waals surface area contributed by atoms with Gasteiger partial charge in [-0.05, 0) is 17.6 Å². The predicted octanol–water partition coefficient (Wildman–Crippen LogP) is 2.46. The molecule has 1 aromatic carbocycles. The highest BCUT2D eigenvalue weighted by molar-refractivity contribution is 5.86. The molecule has 1 aromatic rings. The first-order valence-electron chi connectivity index (χ1n) is 5.88. The van der Waals surface area contributed by atoms with Crippen molar-refractivity contribution in [2.24, 2.45) is 16.2 Å². The van der Waals surface area contributed by atoms with Gasteiger partial charge in [-0.3, -0.25) is 0 Å². The molecule has 0 fully saturated rings. The van der Waals surface area contributed by atoms with Crippen LogP contribution in [0.4, 0.5) is 0 Å². The molecule has 3 unspecified atom stereocenters. The summed E-state index contributed by atoms with van der Waals surface area (Å²) < 4.78 is 5.53. The van der Waals surface area contributed by atoms with Gasteiger partial charge in [0.25, 0.3) is 6.29 Å². The molecule has 0 aromatic heterocycles. The Morgan fingerprint density at radius 2 is 1.78 bits per heavy atom. The number of rotatable bonds is 2. The molecule has 3 rings (SSSR count). The van der Waals surface area contributed by atoms with Gasteiger partial charge in [-0.1, -0.05) is 35.5 Å². The van der Waals surface area contributed by atoms with Crippen molar-refractivity contribution < 1.29 is 14.4 Å². The lowest BCUT2D eigenvalue weighted by atomic mass is 9.92. The maximum atomic E-state index is 5.53. The predicted molar refractivity (Wildman–Crippen MR) is 65.9 cm³/mol. The summed E-state index contributed by atoms with van der Waals surface area (Å²) in [6.07, 6.45) is -0.640. The first-order chi connectivity index (χ1) is 8.75. The Hall–Kier alpha value is -2.04. The highest BCUT2D eigenvalue weighted by Crippen LogP contribution is 2.37. The topological polar surface area (TPSA) is 52.4 Å². The highest BCUT2D eigenvalue weighted by Gasteiger charge is 2.44. The molecule has 2 aliphatic heterocycles. The quantitative estimate of drug-likeness (QED) is 0.805. The fraction of sp³-hybridized carbons (Fsp3) is 0.385. The zero-order valence-electron chi connectivity index (χ0n) is 10.2. The normalized spacial score (nSPS) is 30.0. The number of oxime groups is 2. The van der Waals surface area contributed by atoms with Crippen molar-refractivity contribution in [3.8, 4) is 0 Å². The summed E-state index contributed by atoms with van der Waals surface area (Å²) in [5.41, 5.74) is 1.92. The van der Waals surface area contributed by atoms with Crippen molar-refractivity contribution in [1.29, 1.82) is 0 Å². The Kier molecular flexibility index (Phi) is 2.66. The summed E-state index contributed by atoms with van der Waals surface area (Å²) in [4.78, 5) is 10.8. The van der Waals surface area contributed by atoms with E-state index in [1.165, 1.54) is 0 Å². The van der Waals surface area contributed by atoms with Crippen LogP contribution in [0.5, 0.6) is 0 Å². The Bertz CT molecular complexity index is 498. The third-order valence-corrected chi connectivity index (χ3v) is 3.11. The number of hydrogen-bond donors (Lipinski definition) is 0. The molecule has 0 amide bonds. The van der Waals surface area contributed by atoms with Gasteiger partial charge in [0.1, 0.15) is 5.92 Å². The average molecular weight is 246 g/mol. The molecule has 0 spiro atoms. The average Bonchev–Trinajstić information content (AvgIpc) is 2.96. The minimum absolute atomic E-state index is 0.0754. The maximum absolute atomic E-state index is 5.53. The van der Waals surface area contributed by atoms with Gasteiger partial charge in [-0.15, -0.1) is 0 Å². The summed E-state index contributed by atoms with van der Waals surface area (Å²) in [5, 5.41) is 7.86. The van der Waals surface area contributed by atoms with E-state index in [0.717, 1.165) is 11.3 Å². The van der Waals surface area contributed by atoms with Crippen molar-refractivity contribution in [3.05, 3.63) is 35.9 Å². The zero-order chi connectivity index (χ0) is 12.5. The molecule has 0 N–H and O–H groups in total. The first-order valence-corrected chi connectivity index (χ1v) is 5.88. The van der Waals surface area contributed by atoms with Gasteiger partial charge in [-0.25, -0.2) is 0 Å². The summed E-state index contributed by atoms with van der Waals surface area (Å²) >= 11 is 0. The minimum atomic E-state index is -0.457. The van der Waals surface area contributed by atoms with Crippen LogP contribution in [0.1, 0.15) is 25.5 Å². The van der Waals surface area contributed by atoms with E-state index in [1.807, 2.05) is 37.3 Å². The Balaban J connectivity index is 1.84. The van der Waals surface area contributed by atoms with Crippen molar-refractivity contribution in [2.45, 2.75) is 26.2 Å². The lowest BCUT2D eigenvalue weighted by molar-refractivity contribution is -0.0998. The SMILES string of the molecule is CC1=NOC(C2C(C)=NOC2c2ccccc2)O1. The summed E-state index contributed by atoms with van der Waals surface area (Å²) in [6, 6.07) is 9.93. The Morgan fingerprint density at radius 1 is 1.00 bits per heavy atom. The molecule has 18 heavy (non-hydrogen) atoms. The largest absolute Gasteiger partial charge is 0.436 e. The van der Waals surface area contributed by atoms with Crippen LogP contribution >= 0.6 is 0 Å². The molecule has 3 atom stereocenters. The third-order valence-electron chi connectivity index (χ3n) is 3.11. The van der Waals surface area contributed by atoms with E-state index in [1.54, 1.807) is 6.92 Å². The van der Waals surface area contributed by atoms with Crippen LogP contribution in [-0.4, -0.2) is 17.9 Å².